The summed E-state index contributed by atoms with van der Waals surface area (Å²) >= 11 is 0. The maximum Gasteiger partial charge on any atom is 0.0654 e. The molecule has 0 saturated heterocycles. The number of rotatable bonds is 3. The van der Waals surface area contributed by atoms with Crippen molar-refractivity contribution in [1.29, 1.82) is 0 Å². The van der Waals surface area contributed by atoms with Crippen LogP contribution in [0.3, 0.4) is 0 Å². The summed E-state index contributed by atoms with van der Waals surface area (Å²) in [6.07, 6.45) is 8.31. The van der Waals surface area contributed by atoms with Crippen LogP contribution < -0.4 is 0 Å². The van der Waals surface area contributed by atoms with E-state index in [2.05, 4.69) is 36.8 Å². The molecule has 1 saturated carbocycles. The summed E-state index contributed by atoms with van der Waals surface area (Å²) in [5.74, 6) is 0.897. The van der Waals surface area contributed by atoms with Crippen LogP contribution in [0, 0.1) is 12.8 Å². The highest BCUT2D eigenvalue weighted by atomic mass is 14.7. The molecule has 0 aliphatic heterocycles. The lowest BCUT2D eigenvalue weighted by molar-refractivity contribution is 0.356. The van der Waals surface area contributed by atoms with Gasteiger partial charge in [-0.3, -0.25) is 4.99 Å². The summed E-state index contributed by atoms with van der Waals surface area (Å²) in [6, 6.07) is 6.62. The van der Waals surface area contributed by atoms with Gasteiger partial charge in [0.2, 0.25) is 0 Å². The van der Waals surface area contributed by atoms with Crippen LogP contribution >= 0.6 is 0 Å². The number of nitrogens with zero attached hydrogens (tertiary/aromatic N) is 1. The van der Waals surface area contributed by atoms with Crippen molar-refractivity contribution in [3.63, 3.8) is 0 Å². The van der Waals surface area contributed by atoms with Gasteiger partial charge in [-0.1, -0.05) is 44.2 Å². The Bertz CT molecular complexity index is 362. The third-order valence-electron chi connectivity index (χ3n) is 3.69. The number of hydrogen-bond donors (Lipinski definition) is 0. The summed E-state index contributed by atoms with van der Waals surface area (Å²) in [7, 11) is 0. The highest BCUT2D eigenvalue weighted by molar-refractivity contribution is 5.52. The summed E-state index contributed by atoms with van der Waals surface area (Å²) < 4.78 is 0. The highest BCUT2D eigenvalue weighted by Crippen LogP contribution is 2.28. The van der Waals surface area contributed by atoms with E-state index in [1.54, 1.807) is 0 Å². The van der Waals surface area contributed by atoms with E-state index in [0.29, 0.717) is 0 Å². The Morgan fingerprint density at radius 1 is 1.25 bits per heavy atom. The van der Waals surface area contributed by atoms with E-state index in [0.717, 1.165) is 11.6 Å². The van der Waals surface area contributed by atoms with Crippen LogP contribution in [0.15, 0.2) is 23.2 Å². The van der Waals surface area contributed by atoms with Crippen molar-refractivity contribution in [2.75, 3.05) is 0 Å². The molecule has 0 N–H and O–H groups in total. The molecule has 1 heteroatoms. The predicted octanol–water partition coefficient (Wildman–Crippen LogP) is 4.45. The minimum Gasteiger partial charge on any atom is -0.264 e. The van der Waals surface area contributed by atoms with Crippen molar-refractivity contribution < 1.29 is 0 Å². The summed E-state index contributed by atoms with van der Waals surface area (Å²) in [5.41, 5.74) is 3.70. The molecule has 1 aromatic carbocycles. The number of aliphatic imine (C=N–C) groups is 1. The van der Waals surface area contributed by atoms with E-state index in [4.69, 9.17) is 0 Å². The topological polar surface area (TPSA) is 12.4 Å². The maximum atomic E-state index is 4.07. The van der Waals surface area contributed by atoms with Gasteiger partial charge in [-0.2, -0.15) is 0 Å². The lowest BCUT2D eigenvalue weighted by Crippen LogP contribution is -2.09. The first kappa shape index (κ1) is 11.4. The Kier molecular flexibility index (Phi) is 3.76. The Morgan fingerprint density at radius 3 is 2.69 bits per heavy atom. The minimum absolute atomic E-state index is 0.897. The first-order valence-corrected chi connectivity index (χ1v) is 6.36. The molecule has 1 aliphatic carbocycles. The second kappa shape index (κ2) is 5.29. The van der Waals surface area contributed by atoms with Gasteiger partial charge >= 0.3 is 0 Å². The van der Waals surface area contributed by atoms with Gasteiger partial charge in [-0.05, 0) is 43.2 Å². The Hall–Kier alpha value is -1.11. The predicted molar refractivity (Wildman–Crippen MR) is 70.7 cm³/mol. The molecule has 86 valence electrons. The summed E-state index contributed by atoms with van der Waals surface area (Å²) in [5, 5.41) is 0. The zero-order chi connectivity index (χ0) is 11.4. The van der Waals surface area contributed by atoms with Crippen LogP contribution in [0.4, 0.5) is 5.69 Å². The number of benzene rings is 1. The van der Waals surface area contributed by atoms with Crippen LogP contribution in [0.1, 0.15) is 43.2 Å². The van der Waals surface area contributed by atoms with Crippen molar-refractivity contribution in [2.24, 2.45) is 10.9 Å². The van der Waals surface area contributed by atoms with Gasteiger partial charge in [-0.25, -0.2) is 0 Å². The van der Waals surface area contributed by atoms with E-state index >= 15 is 0 Å². The molecule has 0 bridgehead atoms. The van der Waals surface area contributed by atoms with Gasteiger partial charge in [0.25, 0.3) is 0 Å². The van der Waals surface area contributed by atoms with Crippen LogP contribution in [0.25, 0.3) is 0 Å². The zero-order valence-corrected chi connectivity index (χ0v) is 10.2. The fourth-order valence-electron chi connectivity index (χ4n) is 2.68. The van der Waals surface area contributed by atoms with Crippen molar-refractivity contribution in [3.8, 4) is 0 Å². The fourth-order valence-corrected chi connectivity index (χ4v) is 2.68. The van der Waals surface area contributed by atoms with Crippen LogP contribution in [0.2, 0.25) is 0 Å². The monoisotopic (exact) mass is 215 g/mol. The van der Waals surface area contributed by atoms with Gasteiger partial charge in [0, 0.05) is 0 Å². The largest absolute Gasteiger partial charge is 0.264 e. The van der Waals surface area contributed by atoms with E-state index in [1.807, 2.05) is 0 Å². The first-order valence-electron chi connectivity index (χ1n) is 6.36. The molecule has 16 heavy (non-hydrogen) atoms. The Labute approximate surface area is 98.6 Å². The van der Waals surface area contributed by atoms with Gasteiger partial charge in [-0.15, -0.1) is 0 Å². The highest BCUT2D eigenvalue weighted by Gasteiger charge is 2.14. The van der Waals surface area contributed by atoms with Crippen molar-refractivity contribution in [2.45, 2.75) is 45.4 Å². The average Bonchev–Trinajstić information content (AvgIpc) is 2.33. The quantitative estimate of drug-likeness (QED) is 0.660. The molecule has 0 unspecified atom stereocenters. The van der Waals surface area contributed by atoms with E-state index < -0.39 is 0 Å². The molecule has 0 atom stereocenters. The summed E-state index contributed by atoms with van der Waals surface area (Å²) in [4.78, 5) is 4.07. The molecule has 2 rings (SSSR count). The SMILES string of the molecule is C=Nc1cc(CC2CCCCC2)ccc1C. The smallest absolute Gasteiger partial charge is 0.0654 e. The third-order valence-corrected chi connectivity index (χ3v) is 3.69. The van der Waals surface area contributed by atoms with Gasteiger partial charge in [0.15, 0.2) is 0 Å². The van der Waals surface area contributed by atoms with Gasteiger partial charge < -0.3 is 0 Å². The third kappa shape index (κ3) is 2.72. The number of hydrogen-bond acceptors (Lipinski definition) is 1. The normalized spacial score (nSPS) is 17.3. The maximum absolute atomic E-state index is 4.07. The molecule has 0 amide bonds. The second-order valence-corrected chi connectivity index (χ2v) is 4.99. The zero-order valence-electron chi connectivity index (χ0n) is 10.2. The molecule has 0 radical (unpaired) electrons. The van der Waals surface area contributed by atoms with Crippen molar-refractivity contribution in [3.05, 3.63) is 29.3 Å². The number of aryl methyl sites for hydroxylation is 1. The lowest BCUT2D eigenvalue weighted by atomic mass is 9.84. The van der Waals surface area contributed by atoms with Gasteiger partial charge in [0.1, 0.15) is 0 Å². The fraction of sp³-hybridized carbons (Fsp3) is 0.533. The van der Waals surface area contributed by atoms with Crippen LogP contribution in [-0.2, 0) is 6.42 Å². The average molecular weight is 215 g/mol. The Balaban J connectivity index is 2.05. The minimum atomic E-state index is 0.897. The van der Waals surface area contributed by atoms with Crippen LogP contribution in [0.5, 0.6) is 0 Å². The molecular weight excluding hydrogens is 194 g/mol. The van der Waals surface area contributed by atoms with Crippen molar-refractivity contribution in [1.82, 2.24) is 0 Å². The molecule has 0 heterocycles. The molecule has 0 aromatic heterocycles. The molecule has 1 fully saturated rings. The molecule has 1 aromatic rings. The van der Waals surface area contributed by atoms with Crippen molar-refractivity contribution >= 4 is 12.4 Å². The second-order valence-electron chi connectivity index (χ2n) is 4.99. The first-order chi connectivity index (χ1) is 7.79. The molecule has 1 aliphatic rings. The standard InChI is InChI=1S/C15H21N/c1-12-8-9-14(11-15(12)16-2)10-13-6-4-3-5-7-13/h8-9,11,13H,2-7,10H2,1H3. The van der Waals surface area contributed by atoms with E-state index in [-0.39, 0.29) is 0 Å². The Morgan fingerprint density at radius 2 is 2.00 bits per heavy atom. The summed E-state index contributed by atoms with van der Waals surface area (Å²) in [6.45, 7) is 5.72. The van der Waals surface area contributed by atoms with E-state index in [1.165, 1.54) is 49.7 Å². The van der Waals surface area contributed by atoms with Gasteiger partial charge in [0.05, 0.1) is 5.69 Å². The molecule has 0 spiro atoms. The molecular formula is C15H21N. The lowest BCUT2D eigenvalue weighted by Gasteiger charge is -2.21. The van der Waals surface area contributed by atoms with E-state index in [9.17, 15) is 0 Å². The van der Waals surface area contributed by atoms with Crippen LogP contribution in [-0.4, -0.2) is 6.72 Å². The molecule has 1 nitrogen and oxygen atoms in total.